The number of nitrogens with one attached hydrogen (secondary N) is 2. The van der Waals surface area contributed by atoms with E-state index in [1.54, 1.807) is 12.4 Å². The van der Waals surface area contributed by atoms with Crippen LogP contribution >= 0.6 is 0 Å². The molecule has 0 bridgehead atoms. The third-order valence-electron chi connectivity index (χ3n) is 2.25. The highest BCUT2D eigenvalue weighted by Crippen LogP contribution is 1.98. The van der Waals surface area contributed by atoms with Crippen LogP contribution in [-0.2, 0) is 11.3 Å². The Morgan fingerprint density at radius 3 is 2.53 bits per heavy atom. The predicted octanol–water partition coefficient (Wildman–Crippen LogP) is 1.48. The molecule has 1 aromatic heterocycles. The zero-order valence-electron chi connectivity index (χ0n) is 10.8. The molecule has 0 saturated heterocycles. The molecule has 0 saturated carbocycles. The molecule has 0 aliphatic carbocycles. The normalized spacial score (nSPS) is 11.2. The lowest BCUT2D eigenvalue weighted by molar-refractivity contribution is -0.121. The summed E-state index contributed by atoms with van der Waals surface area (Å²) in [7, 11) is 0. The van der Waals surface area contributed by atoms with Gasteiger partial charge >= 0.3 is 0 Å². The van der Waals surface area contributed by atoms with E-state index in [0.29, 0.717) is 19.5 Å². The Morgan fingerprint density at radius 2 is 1.94 bits per heavy atom. The lowest BCUT2D eigenvalue weighted by Gasteiger charge is -2.20. The number of hydrogen-bond donors (Lipinski definition) is 2. The second kappa shape index (κ2) is 6.35. The van der Waals surface area contributed by atoms with E-state index in [4.69, 9.17) is 0 Å². The monoisotopic (exact) mass is 235 g/mol. The van der Waals surface area contributed by atoms with Crippen LogP contribution in [0.3, 0.4) is 0 Å². The maximum absolute atomic E-state index is 11.5. The van der Waals surface area contributed by atoms with Crippen LogP contribution in [0.5, 0.6) is 0 Å². The highest BCUT2D eigenvalue weighted by molar-refractivity contribution is 5.76. The molecule has 0 fully saturated rings. The summed E-state index contributed by atoms with van der Waals surface area (Å²) in [5.74, 6) is 0.0681. The molecule has 0 unspecified atom stereocenters. The summed E-state index contributed by atoms with van der Waals surface area (Å²) in [5.41, 5.74) is 1.13. The summed E-state index contributed by atoms with van der Waals surface area (Å²) in [5, 5.41) is 6.16. The maximum atomic E-state index is 11.5. The van der Waals surface area contributed by atoms with Crippen molar-refractivity contribution in [3.63, 3.8) is 0 Å². The van der Waals surface area contributed by atoms with Gasteiger partial charge in [-0.1, -0.05) is 0 Å². The lowest BCUT2D eigenvalue weighted by atomic mass is 10.1. The Labute approximate surface area is 103 Å². The Hall–Kier alpha value is -1.42. The van der Waals surface area contributed by atoms with Crippen molar-refractivity contribution in [2.24, 2.45) is 0 Å². The summed E-state index contributed by atoms with van der Waals surface area (Å²) in [4.78, 5) is 15.5. The number of nitrogens with zero attached hydrogens (tertiary/aromatic N) is 1. The third-order valence-corrected chi connectivity index (χ3v) is 2.25. The van der Waals surface area contributed by atoms with Gasteiger partial charge in [0.2, 0.25) is 5.91 Å². The van der Waals surface area contributed by atoms with Gasteiger partial charge in [-0.05, 0) is 38.5 Å². The maximum Gasteiger partial charge on any atom is 0.221 e. The van der Waals surface area contributed by atoms with Gasteiger partial charge in [-0.25, -0.2) is 0 Å². The molecule has 94 valence electrons. The standard InChI is InChI=1S/C13H21N3O/c1-13(2,3)16-9-6-12(17)15-10-11-4-7-14-8-5-11/h4-5,7-8,16H,6,9-10H2,1-3H3,(H,15,17). The highest BCUT2D eigenvalue weighted by atomic mass is 16.1. The number of amides is 1. The van der Waals surface area contributed by atoms with Crippen molar-refractivity contribution in [3.05, 3.63) is 30.1 Å². The second-order valence-electron chi connectivity index (χ2n) is 5.06. The topological polar surface area (TPSA) is 54.0 Å². The predicted molar refractivity (Wildman–Crippen MR) is 68.5 cm³/mol. The molecule has 4 heteroatoms. The number of pyridine rings is 1. The summed E-state index contributed by atoms with van der Waals surface area (Å²) in [6.07, 6.45) is 3.95. The molecule has 0 atom stereocenters. The first-order valence-corrected chi connectivity index (χ1v) is 5.88. The van der Waals surface area contributed by atoms with Gasteiger partial charge in [-0.15, -0.1) is 0 Å². The molecular weight excluding hydrogens is 214 g/mol. The van der Waals surface area contributed by atoms with Gasteiger partial charge in [0, 0.05) is 37.4 Å². The van der Waals surface area contributed by atoms with Gasteiger partial charge in [0.15, 0.2) is 0 Å². The molecule has 0 radical (unpaired) electrons. The Bertz CT molecular complexity index is 343. The van der Waals surface area contributed by atoms with Crippen molar-refractivity contribution in [2.45, 2.75) is 39.3 Å². The first-order chi connectivity index (χ1) is 7.97. The average Bonchev–Trinajstić information content (AvgIpc) is 2.26. The molecular formula is C13H21N3O. The molecule has 0 aliphatic heterocycles. The zero-order chi connectivity index (χ0) is 12.7. The molecule has 1 heterocycles. The van der Waals surface area contributed by atoms with E-state index in [1.807, 2.05) is 12.1 Å². The van der Waals surface area contributed by atoms with Crippen LogP contribution in [0.25, 0.3) is 0 Å². The van der Waals surface area contributed by atoms with E-state index in [9.17, 15) is 4.79 Å². The van der Waals surface area contributed by atoms with Crippen molar-refractivity contribution in [1.82, 2.24) is 15.6 Å². The number of carbonyl (C=O) groups excluding carboxylic acids is 1. The minimum absolute atomic E-state index is 0.0609. The van der Waals surface area contributed by atoms with Crippen molar-refractivity contribution in [2.75, 3.05) is 6.54 Å². The van der Waals surface area contributed by atoms with Crippen LogP contribution < -0.4 is 10.6 Å². The largest absolute Gasteiger partial charge is 0.352 e. The summed E-state index contributed by atoms with van der Waals surface area (Å²) >= 11 is 0. The van der Waals surface area contributed by atoms with Crippen LogP contribution in [0.15, 0.2) is 24.5 Å². The van der Waals surface area contributed by atoms with Gasteiger partial charge < -0.3 is 10.6 Å². The van der Waals surface area contributed by atoms with Crippen LogP contribution in [-0.4, -0.2) is 23.0 Å². The van der Waals surface area contributed by atoms with E-state index in [1.165, 1.54) is 0 Å². The molecule has 1 aromatic rings. The van der Waals surface area contributed by atoms with E-state index >= 15 is 0 Å². The average molecular weight is 235 g/mol. The molecule has 17 heavy (non-hydrogen) atoms. The number of rotatable bonds is 5. The van der Waals surface area contributed by atoms with E-state index in [0.717, 1.165) is 5.56 Å². The smallest absolute Gasteiger partial charge is 0.221 e. The molecule has 2 N–H and O–H groups in total. The summed E-state index contributed by atoms with van der Waals surface area (Å²) in [6, 6.07) is 3.79. The number of carbonyl (C=O) groups is 1. The van der Waals surface area contributed by atoms with Crippen LogP contribution in [0, 0.1) is 0 Å². The minimum Gasteiger partial charge on any atom is -0.352 e. The molecule has 0 spiro atoms. The first-order valence-electron chi connectivity index (χ1n) is 5.88. The van der Waals surface area contributed by atoms with Gasteiger partial charge in [-0.2, -0.15) is 0 Å². The van der Waals surface area contributed by atoms with Crippen molar-refractivity contribution in [3.8, 4) is 0 Å². The van der Waals surface area contributed by atoms with Crippen molar-refractivity contribution in [1.29, 1.82) is 0 Å². The fourth-order valence-corrected chi connectivity index (χ4v) is 1.34. The van der Waals surface area contributed by atoms with Crippen molar-refractivity contribution >= 4 is 5.91 Å². The van der Waals surface area contributed by atoms with Crippen molar-refractivity contribution < 1.29 is 4.79 Å². The quantitative estimate of drug-likeness (QED) is 0.812. The van der Waals surface area contributed by atoms with E-state index in [2.05, 4.69) is 36.4 Å². The minimum atomic E-state index is 0.0609. The van der Waals surface area contributed by atoms with Crippen LogP contribution in [0.2, 0.25) is 0 Å². The van der Waals surface area contributed by atoms with Gasteiger partial charge in [-0.3, -0.25) is 9.78 Å². The van der Waals surface area contributed by atoms with Crippen LogP contribution in [0.4, 0.5) is 0 Å². The van der Waals surface area contributed by atoms with E-state index < -0.39 is 0 Å². The molecule has 1 amide bonds. The molecule has 0 aromatic carbocycles. The Morgan fingerprint density at radius 1 is 1.29 bits per heavy atom. The fraction of sp³-hybridized carbons (Fsp3) is 0.538. The Kier molecular flexibility index (Phi) is 5.10. The fourth-order valence-electron chi connectivity index (χ4n) is 1.34. The summed E-state index contributed by atoms with van der Waals surface area (Å²) < 4.78 is 0. The van der Waals surface area contributed by atoms with E-state index in [-0.39, 0.29) is 11.4 Å². The van der Waals surface area contributed by atoms with Gasteiger partial charge in [0.1, 0.15) is 0 Å². The lowest BCUT2D eigenvalue weighted by Crippen LogP contribution is -2.38. The number of hydrogen-bond acceptors (Lipinski definition) is 3. The summed E-state index contributed by atoms with van der Waals surface area (Å²) in [6.45, 7) is 7.52. The molecule has 1 rings (SSSR count). The van der Waals surface area contributed by atoms with Crippen LogP contribution in [0.1, 0.15) is 32.8 Å². The second-order valence-corrected chi connectivity index (χ2v) is 5.06. The molecule has 4 nitrogen and oxygen atoms in total. The molecule has 0 aliphatic rings. The Balaban J connectivity index is 2.18. The van der Waals surface area contributed by atoms with Gasteiger partial charge in [0.25, 0.3) is 0 Å². The number of aromatic nitrogens is 1. The first kappa shape index (κ1) is 13.6. The highest BCUT2D eigenvalue weighted by Gasteiger charge is 2.09. The van der Waals surface area contributed by atoms with Gasteiger partial charge in [0.05, 0.1) is 0 Å². The SMILES string of the molecule is CC(C)(C)NCCC(=O)NCc1ccncc1. The zero-order valence-corrected chi connectivity index (χ0v) is 10.8. The third kappa shape index (κ3) is 6.68.